The maximum Gasteiger partial charge on any atom is 0.243 e. The first-order valence-electron chi connectivity index (χ1n) is 6.42. The van der Waals surface area contributed by atoms with Gasteiger partial charge in [-0.3, -0.25) is 0 Å². The second kappa shape index (κ2) is 4.91. The number of rotatable bonds is 2. The predicted molar refractivity (Wildman–Crippen MR) is 78.2 cm³/mol. The van der Waals surface area contributed by atoms with Crippen molar-refractivity contribution in [1.29, 1.82) is 0 Å². The Balaban J connectivity index is 2.01. The zero-order valence-electron chi connectivity index (χ0n) is 11.0. The molecule has 0 fully saturated rings. The Bertz CT molecular complexity index is 739. The summed E-state index contributed by atoms with van der Waals surface area (Å²) < 4.78 is 29.1. The molecule has 0 spiro atoms. The Morgan fingerprint density at radius 1 is 1.20 bits per heavy atom. The van der Waals surface area contributed by atoms with Crippen molar-refractivity contribution >= 4 is 21.6 Å². The van der Waals surface area contributed by atoms with Crippen LogP contribution in [-0.4, -0.2) is 23.8 Å². The average Bonchev–Trinajstić information content (AvgIpc) is 2.88. The summed E-state index contributed by atoms with van der Waals surface area (Å²) in [5.74, 6) is 0. The minimum Gasteiger partial charge on any atom is -0.349 e. The van der Waals surface area contributed by atoms with E-state index in [9.17, 15) is 8.42 Å². The topological polar surface area (TPSA) is 42.3 Å². The Labute approximate surface area is 123 Å². The molecule has 2 heterocycles. The molecule has 106 valence electrons. The van der Waals surface area contributed by atoms with E-state index in [4.69, 9.17) is 11.6 Å². The SMILES string of the molecule is CC1c2cccn2CCN1S(=O)(=O)c1cccc(Cl)c1. The van der Waals surface area contributed by atoms with Crippen molar-refractivity contribution in [1.82, 2.24) is 8.87 Å². The van der Waals surface area contributed by atoms with Crippen molar-refractivity contribution in [2.45, 2.75) is 24.4 Å². The number of halogens is 1. The zero-order chi connectivity index (χ0) is 14.3. The smallest absolute Gasteiger partial charge is 0.243 e. The molecule has 0 aliphatic carbocycles. The van der Waals surface area contributed by atoms with Gasteiger partial charge < -0.3 is 4.57 Å². The predicted octanol–water partition coefficient (Wildman–Crippen LogP) is 2.91. The second-order valence-electron chi connectivity index (χ2n) is 4.88. The minimum atomic E-state index is -3.52. The fourth-order valence-corrected chi connectivity index (χ4v) is 4.55. The summed E-state index contributed by atoms with van der Waals surface area (Å²) in [6, 6.07) is 10.1. The van der Waals surface area contributed by atoms with E-state index in [1.54, 1.807) is 18.2 Å². The fourth-order valence-electron chi connectivity index (χ4n) is 2.65. The van der Waals surface area contributed by atoms with Crippen LogP contribution in [0.4, 0.5) is 0 Å². The van der Waals surface area contributed by atoms with Crippen molar-refractivity contribution in [3.05, 3.63) is 53.3 Å². The van der Waals surface area contributed by atoms with Gasteiger partial charge in [0, 0.05) is 30.0 Å². The summed E-state index contributed by atoms with van der Waals surface area (Å²) >= 11 is 5.90. The monoisotopic (exact) mass is 310 g/mol. The number of fused-ring (bicyclic) bond motifs is 1. The molecule has 1 aliphatic heterocycles. The maximum absolute atomic E-state index is 12.7. The number of hydrogen-bond acceptors (Lipinski definition) is 2. The molecule has 0 saturated heterocycles. The van der Waals surface area contributed by atoms with Crippen LogP contribution in [0.5, 0.6) is 0 Å². The highest BCUT2D eigenvalue weighted by atomic mass is 35.5. The third-order valence-electron chi connectivity index (χ3n) is 3.69. The summed E-state index contributed by atoms with van der Waals surface area (Å²) in [5, 5.41) is 0.430. The Hall–Kier alpha value is -1.30. The summed E-state index contributed by atoms with van der Waals surface area (Å²) in [4.78, 5) is 0.247. The van der Waals surface area contributed by atoms with Crippen LogP contribution in [0.15, 0.2) is 47.5 Å². The molecular weight excluding hydrogens is 296 g/mol. The van der Waals surface area contributed by atoms with Crippen LogP contribution in [-0.2, 0) is 16.6 Å². The van der Waals surface area contributed by atoms with Crippen LogP contribution in [0.2, 0.25) is 5.02 Å². The highest BCUT2D eigenvalue weighted by Crippen LogP contribution is 2.31. The standard InChI is InChI=1S/C14H15ClN2O2S/c1-11-14-6-3-7-16(14)8-9-17(11)20(18,19)13-5-2-4-12(15)10-13/h2-7,10-11H,8-9H2,1H3. The highest BCUT2D eigenvalue weighted by molar-refractivity contribution is 7.89. The van der Waals surface area contributed by atoms with Crippen molar-refractivity contribution < 1.29 is 8.42 Å². The molecule has 0 N–H and O–H groups in total. The van der Waals surface area contributed by atoms with E-state index in [0.717, 1.165) is 5.69 Å². The van der Waals surface area contributed by atoms with Gasteiger partial charge in [-0.05, 0) is 37.3 Å². The summed E-state index contributed by atoms with van der Waals surface area (Å²) in [6.07, 6.45) is 1.98. The summed E-state index contributed by atoms with van der Waals surface area (Å²) in [7, 11) is -3.52. The maximum atomic E-state index is 12.7. The quantitative estimate of drug-likeness (QED) is 0.856. The lowest BCUT2D eigenvalue weighted by atomic mass is 10.2. The van der Waals surface area contributed by atoms with Gasteiger partial charge in [-0.15, -0.1) is 0 Å². The number of benzene rings is 1. The first-order valence-corrected chi connectivity index (χ1v) is 8.24. The van der Waals surface area contributed by atoms with E-state index in [2.05, 4.69) is 4.57 Å². The molecule has 1 aromatic heterocycles. The van der Waals surface area contributed by atoms with E-state index in [-0.39, 0.29) is 10.9 Å². The van der Waals surface area contributed by atoms with E-state index in [1.165, 1.54) is 10.4 Å². The third-order valence-corrected chi connectivity index (χ3v) is 5.89. The Kier molecular flexibility index (Phi) is 3.36. The molecule has 1 aromatic carbocycles. The van der Waals surface area contributed by atoms with Crippen LogP contribution >= 0.6 is 11.6 Å². The molecule has 4 nitrogen and oxygen atoms in total. The van der Waals surface area contributed by atoms with Crippen molar-refractivity contribution in [3.63, 3.8) is 0 Å². The highest BCUT2D eigenvalue weighted by Gasteiger charge is 2.33. The number of hydrogen-bond donors (Lipinski definition) is 0. The van der Waals surface area contributed by atoms with Gasteiger partial charge in [-0.1, -0.05) is 17.7 Å². The van der Waals surface area contributed by atoms with Gasteiger partial charge in [-0.25, -0.2) is 8.42 Å². The summed E-state index contributed by atoms with van der Waals surface area (Å²) in [5.41, 5.74) is 1.02. The van der Waals surface area contributed by atoms with Gasteiger partial charge in [0.2, 0.25) is 10.0 Å². The van der Waals surface area contributed by atoms with Gasteiger partial charge >= 0.3 is 0 Å². The van der Waals surface area contributed by atoms with Crippen LogP contribution in [0, 0.1) is 0 Å². The van der Waals surface area contributed by atoms with Crippen molar-refractivity contribution in [2.75, 3.05) is 6.54 Å². The second-order valence-corrected chi connectivity index (χ2v) is 7.20. The molecule has 3 rings (SSSR count). The van der Waals surface area contributed by atoms with Gasteiger partial charge in [-0.2, -0.15) is 4.31 Å². The van der Waals surface area contributed by atoms with Gasteiger partial charge in [0.1, 0.15) is 0 Å². The van der Waals surface area contributed by atoms with Gasteiger partial charge in [0.05, 0.1) is 10.9 Å². The zero-order valence-corrected chi connectivity index (χ0v) is 12.6. The van der Waals surface area contributed by atoms with Gasteiger partial charge in [0.15, 0.2) is 0 Å². The van der Waals surface area contributed by atoms with Crippen LogP contribution in [0.3, 0.4) is 0 Å². The van der Waals surface area contributed by atoms with E-state index < -0.39 is 10.0 Å². The van der Waals surface area contributed by atoms with E-state index in [0.29, 0.717) is 18.1 Å². The van der Waals surface area contributed by atoms with Crippen molar-refractivity contribution in [3.8, 4) is 0 Å². The number of sulfonamides is 1. The third kappa shape index (κ3) is 2.16. The van der Waals surface area contributed by atoms with E-state index >= 15 is 0 Å². The van der Waals surface area contributed by atoms with Crippen LogP contribution in [0.25, 0.3) is 0 Å². The first-order chi connectivity index (χ1) is 9.50. The summed E-state index contributed by atoms with van der Waals surface area (Å²) in [6.45, 7) is 3.05. The largest absolute Gasteiger partial charge is 0.349 e. The molecule has 2 aromatic rings. The van der Waals surface area contributed by atoms with Crippen molar-refractivity contribution in [2.24, 2.45) is 0 Å². The molecule has 20 heavy (non-hydrogen) atoms. The van der Waals surface area contributed by atoms with Gasteiger partial charge in [0.25, 0.3) is 0 Å². The minimum absolute atomic E-state index is 0.178. The fraction of sp³-hybridized carbons (Fsp3) is 0.286. The molecule has 0 saturated carbocycles. The normalized spacial score (nSPS) is 19.8. The molecule has 1 aliphatic rings. The molecule has 0 radical (unpaired) electrons. The molecule has 6 heteroatoms. The van der Waals surface area contributed by atoms with E-state index in [1.807, 2.05) is 25.3 Å². The van der Waals surface area contributed by atoms with Crippen LogP contribution < -0.4 is 0 Å². The lowest BCUT2D eigenvalue weighted by molar-refractivity contribution is 0.282. The lowest BCUT2D eigenvalue weighted by Crippen LogP contribution is -2.40. The Morgan fingerprint density at radius 2 is 2.00 bits per heavy atom. The molecule has 1 atom stereocenters. The molecule has 0 amide bonds. The Morgan fingerprint density at radius 3 is 2.75 bits per heavy atom. The molecule has 0 bridgehead atoms. The molecular formula is C14H15ClN2O2S. The first kappa shape index (κ1) is 13.7. The lowest BCUT2D eigenvalue weighted by Gasteiger charge is -2.33. The molecule has 1 unspecified atom stereocenters. The average molecular weight is 311 g/mol. The van der Waals surface area contributed by atoms with Crippen LogP contribution in [0.1, 0.15) is 18.7 Å². The number of aromatic nitrogens is 1. The number of nitrogens with zero attached hydrogens (tertiary/aromatic N) is 2.